The van der Waals surface area contributed by atoms with Crippen LogP contribution in [-0.4, -0.2) is 28.4 Å². The maximum atomic E-state index is 12.9. The summed E-state index contributed by atoms with van der Waals surface area (Å²) in [5, 5.41) is 3.28. The molecule has 0 fully saturated rings. The number of Topliss-reactive ketones (excluding diaryl/α,β-unsaturated/α-hetero) is 1. The third-order valence-corrected chi connectivity index (χ3v) is 4.64. The number of nitrogens with one attached hydrogen (secondary N) is 2. The molecule has 0 aliphatic rings. The highest BCUT2D eigenvalue weighted by Gasteiger charge is 2.09. The molecule has 0 saturated heterocycles. The lowest BCUT2D eigenvalue weighted by Crippen LogP contribution is -2.19. The number of fused-ring (bicyclic) bond motifs is 1. The van der Waals surface area contributed by atoms with E-state index in [0.717, 1.165) is 23.2 Å². The quantitative estimate of drug-likeness (QED) is 0.435. The Morgan fingerprint density at radius 3 is 2.68 bits per heavy atom. The first kappa shape index (κ1) is 19.8. The number of rotatable bonds is 9. The number of para-hydroxylation sites is 2. The van der Waals surface area contributed by atoms with Gasteiger partial charge in [-0.3, -0.25) is 9.36 Å². The number of hydrogen-bond acceptors (Lipinski definition) is 3. The average molecular weight is 381 g/mol. The van der Waals surface area contributed by atoms with Crippen molar-refractivity contribution >= 4 is 22.5 Å². The van der Waals surface area contributed by atoms with Crippen LogP contribution in [0.2, 0.25) is 0 Å². The van der Waals surface area contributed by atoms with Gasteiger partial charge in [0.25, 0.3) is 0 Å². The molecule has 1 heterocycles. The zero-order valence-electron chi connectivity index (χ0n) is 15.9. The van der Waals surface area contributed by atoms with E-state index in [9.17, 15) is 14.0 Å². The van der Waals surface area contributed by atoms with Gasteiger partial charge in [0.2, 0.25) is 0 Å². The maximum absolute atomic E-state index is 12.9. The molecule has 0 amide bonds. The molecule has 3 aromatic rings. The number of carbonyl (C=O) groups is 1. The number of aromatic nitrogens is 2. The van der Waals surface area contributed by atoms with Crippen LogP contribution in [0.15, 0.2) is 59.4 Å². The highest BCUT2D eigenvalue weighted by Crippen LogP contribution is 2.15. The van der Waals surface area contributed by atoms with E-state index in [-0.39, 0.29) is 17.3 Å². The van der Waals surface area contributed by atoms with Crippen molar-refractivity contribution in [2.45, 2.75) is 26.2 Å². The smallest absolute Gasteiger partial charge is 0.313 e. The van der Waals surface area contributed by atoms with E-state index in [1.54, 1.807) is 4.57 Å². The molecule has 3 rings (SSSR count). The number of carbonyl (C=O) groups excluding carboxylic acids is 1. The van der Waals surface area contributed by atoms with Crippen molar-refractivity contribution in [1.29, 1.82) is 0 Å². The van der Waals surface area contributed by atoms with Gasteiger partial charge in [0, 0.05) is 24.2 Å². The molecule has 2 N–H and O–H groups in total. The van der Waals surface area contributed by atoms with Crippen molar-refractivity contribution in [3.05, 3.63) is 76.5 Å². The molecular formula is C22H24FN3O2. The second-order valence-electron chi connectivity index (χ2n) is 6.57. The molecule has 28 heavy (non-hydrogen) atoms. The standard InChI is InChI=1S/C22H24FN3O2/c1-2-18(26-20-7-4-3-6-19(20)25-22(26)28)13-15-24-14-5-8-21(27)16-9-11-17(23)12-10-16/h3-4,6-7,9-13,24H,2,5,8,14-15H2,1H3,(H,25,28)/b18-13+. The fraction of sp³-hybridized carbons (Fsp3) is 0.273. The predicted octanol–water partition coefficient (Wildman–Crippen LogP) is 3.97. The summed E-state index contributed by atoms with van der Waals surface area (Å²) in [5.41, 5.74) is 3.01. The third kappa shape index (κ3) is 4.64. The summed E-state index contributed by atoms with van der Waals surface area (Å²) in [5.74, 6) is -0.331. The van der Waals surface area contributed by atoms with E-state index in [1.165, 1.54) is 24.3 Å². The molecule has 0 aliphatic heterocycles. The van der Waals surface area contributed by atoms with Crippen LogP contribution in [0, 0.1) is 5.82 Å². The Labute approximate surface area is 162 Å². The molecule has 0 bridgehead atoms. The summed E-state index contributed by atoms with van der Waals surface area (Å²) in [6.07, 6.45) is 3.83. The molecule has 1 aromatic heterocycles. The number of allylic oxidation sites excluding steroid dienone is 1. The molecule has 0 unspecified atom stereocenters. The van der Waals surface area contributed by atoms with Crippen molar-refractivity contribution < 1.29 is 9.18 Å². The highest BCUT2D eigenvalue weighted by atomic mass is 19.1. The fourth-order valence-electron chi connectivity index (χ4n) is 3.18. The molecule has 146 valence electrons. The molecule has 0 spiro atoms. The number of halogens is 1. The Morgan fingerprint density at radius 2 is 1.93 bits per heavy atom. The van der Waals surface area contributed by atoms with E-state index in [2.05, 4.69) is 10.3 Å². The summed E-state index contributed by atoms with van der Waals surface area (Å²) in [4.78, 5) is 27.2. The number of nitrogens with zero attached hydrogens (tertiary/aromatic N) is 1. The van der Waals surface area contributed by atoms with Crippen molar-refractivity contribution in [2.24, 2.45) is 0 Å². The van der Waals surface area contributed by atoms with Crippen molar-refractivity contribution in [3.8, 4) is 0 Å². The molecule has 2 aromatic carbocycles. The number of benzene rings is 2. The number of hydrogen-bond donors (Lipinski definition) is 2. The highest BCUT2D eigenvalue weighted by molar-refractivity contribution is 5.95. The second kappa shape index (κ2) is 9.28. The van der Waals surface area contributed by atoms with Gasteiger partial charge in [-0.25, -0.2) is 9.18 Å². The minimum Gasteiger partial charge on any atom is -0.313 e. The molecule has 0 atom stereocenters. The van der Waals surface area contributed by atoms with E-state index in [1.807, 2.05) is 37.3 Å². The van der Waals surface area contributed by atoms with Gasteiger partial charge in [-0.1, -0.05) is 25.1 Å². The minimum absolute atomic E-state index is 0.0111. The first-order chi connectivity index (χ1) is 13.6. The van der Waals surface area contributed by atoms with E-state index in [4.69, 9.17) is 0 Å². The van der Waals surface area contributed by atoms with Gasteiger partial charge in [0.05, 0.1) is 11.0 Å². The monoisotopic (exact) mass is 381 g/mol. The molecule has 0 radical (unpaired) electrons. The van der Waals surface area contributed by atoms with Gasteiger partial charge in [-0.05, 0) is 55.8 Å². The number of ketones is 1. The first-order valence-corrected chi connectivity index (χ1v) is 9.49. The van der Waals surface area contributed by atoms with Crippen LogP contribution in [-0.2, 0) is 0 Å². The number of H-pyrrole nitrogens is 1. The van der Waals surface area contributed by atoms with E-state index >= 15 is 0 Å². The van der Waals surface area contributed by atoms with Crippen LogP contribution in [0.1, 0.15) is 36.5 Å². The van der Waals surface area contributed by atoms with Crippen molar-refractivity contribution in [3.63, 3.8) is 0 Å². The van der Waals surface area contributed by atoms with Gasteiger partial charge in [-0.2, -0.15) is 0 Å². The Morgan fingerprint density at radius 1 is 1.18 bits per heavy atom. The van der Waals surface area contributed by atoms with Crippen LogP contribution >= 0.6 is 0 Å². The van der Waals surface area contributed by atoms with E-state index < -0.39 is 0 Å². The maximum Gasteiger partial charge on any atom is 0.330 e. The van der Waals surface area contributed by atoms with Gasteiger partial charge in [-0.15, -0.1) is 0 Å². The minimum atomic E-state index is -0.342. The number of aromatic amines is 1. The van der Waals surface area contributed by atoms with Crippen LogP contribution in [0.3, 0.4) is 0 Å². The van der Waals surface area contributed by atoms with Crippen LogP contribution in [0.4, 0.5) is 4.39 Å². The summed E-state index contributed by atoms with van der Waals surface area (Å²) in [6, 6.07) is 13.2. The van der Waals surface area contributed by atoms with Crippen LogP contribution in [0.25, 0.3) is 16.7 Å². The van der Waals surface area contributed by atoms with Crippen LogP contribution in [0.5, 0.6) is 0 Å². The molecule has 0 aliphatic carbocycles. The van der Waals surface area contributed by atoms with Crippen molar-refractivity contribution in [2.75, 3.05) is 13.1 Å². The Kier molecular flexibility index (Phi) is 6.55. The zero-order valence-corrected chi connectivity index (χ0v) is 15.9. The first-order valence-electron chi connectivity index (χ1n) is 9.49. The lowest BCUT2D eigenvalue weighted by Gasteiger charge is -2.08. The molecule has 5 nitrogen and oxygen atoms in total. The number of imidazole rings is 1. The Hall–Kier alpha value is -2.99. The van der Waals surface area contributed by atoms with Gasteiger partial charge in [0.1, 0.15) is 5.82 Å². The van der Waals surface area contributed by atoms with Gasteiger partial charge >= 0.3 is 5.69 Å². The normalized spacial score (nSPS) is 11.9. The average Bonchev–Trinajstić information content (AvgIpc) is 3.03. The Balaban J connectivity index is 1.52. The molecular weight excluding hydrogens is 357 g/mol. The predicted molar refractivity (Wildman–Crippen MR) is 110 cm³/mol. The molecule has 6 heteroatoms. The fourth-order valence-corrected chi connectivity index (χ4v) is 3.18. The van der Waals surface area contributed by atoms with Crippen LogP contribution < -0.4 is 11.0 Å². The zero-order chi connectivity index (χ0) is 19.9. The van der Waals surface area contributed by atoms with Crippen molar-refractivity contribution in [1.82, 2.24) is 14.9 Å². The second-order valence-corrected chi connectivity index (χ2v) is 6.57. The summed E-state index contributed by atoms with van der Waals surface area (Å²) in [6.45, 7) is 3.31. The van der Waals surface area contributed by atoms with E-state index in [0.29, 0.717) is 31.5 Å². The van der Waals surface area contributed by atoms with Gasteiger partial charge in [0.15, 0.2) is 5.78 Å². The largest absolute Gasteiger partial charge is 0.330 e. The lowest BCUT2D eigenvalue weighted by atomic mass is 10.1. The van der Waals surface area contributed by atoms with Gasteiger partial charge < -0.3 is 10.3 Å². The third-order valence-electron chi connectivity index (χ3n) is 4.64. The summed E-state index contributed by atoms with van der Waals surface area (Å²) < 4.78 is 14.6. The molecule has 0 saturated carbocycles. The lowest BCUT2D eigenvalue weighted by molar-refractivity contribution is 0.0980. The topological polar surface area (TPSA) is 66.9 Å². The Bertz CT molecular complexity index is 1030. The summed E-state index contributed by atoms with van der Waals surface area (Å²) >= 11 is 0. The summed E-state index contributed by atoms with van der Waals surface area (Å²) in [7, 11) is 0. The SMILES string of the molecule is CC/C(=C\CNCCCC(=O)c1ccc(F)cc1)n1c(=O)[nH]c2ccccc21.